The molecule has 0 N–H and O–H groups in total. The third kappa shape index (κ3) is 10.7. The Balaban J connectivity index is 0.939. The molecule has 1 fully saturated rings. The molecule has 1 aliphatic rings. The van der Waals surface area contributed by atoms with Crippen molar-refractivity contribution in [2.45, 2.75) is 65.6 Å². The second-order valence-electron chi connectivity index (χ2n) is 14.5. The topological polar surface area (TPSA) is 64.1 Å². The van der Waals surface area contributed by atoms with Crippen molar-refractivity contribution in [2.75, 3.05) is 26.7 Å². The largest absolute Gasteiger partial charge is 0.493 e. The lowest BCUT2D eigenvalue weighted by Gasteiger charge is -2.24. The summed E-state index contributed by atoms with van der Waals surface area (Å²) in [4.78, 5) is 21.8. The first kappa shape index (κ1) is 38.6. The summed E-state index contributed by atoms with van der Waals surface area (Å²) < 4.78 is 17.9. The molecule has 5 aromatic rings. The second-order valence-corrected chi connectivity index (χ2v) is 14.9. The third-order valence-corrected chi connectivity index (χ3v) is 10.2. The fourth-order valence-corrected chi connectivity index (χ4v) is 6.80. The molecular formula is C46H50ClN3O4. The van der Waals surface area contributed by atoms with Gasteiger partial charge in [0.25, 0.3) is 0 Å². The standard InChI is InChI=1S/C46H50ClN3O4/c1-32(2)39-15-17-41(18-16-39)52-25-23-35-10-12-36(13-11-35)29-49(5)40-22-24-50(30-40)45(51)21-14-38-26-34(4)46(43(47)27-38)54-44-20-19-42(28-48-44)53-31-37-8-6-33(3)7-9-37/h6-21,26-28,32,40H,22-25,29-31H2,1-5H3/b21-14+/t40-/m0/s1. The molecule has 0 saturated carbocycles. The Kier molecular flexibility index (Phi) is 13.1. The number of carbonyl (C=O) groups is 1. The van der Waals surface area contributed by atoms with Crippen LogP contribution in [0.25, 0.3) is 6.08 Å². The average Bonchev–Trinajstić information content (AvgIpc) is 3.68. The molecule has 1 amide bonds. The number of ether oxygens (including phenoxy) is 3. The van der Waals surface area contributed by atoms with Crippen molar-refractivity contribution in [2.24, 2.45) is 0 Å². The van der Waals surface area contributed by atoms with Crippen molar-refractivity contribution < 1.29 is 19.0 Å². The Bertz CT molecular complexity index is 1990. The molecule has 1 aromatic heterocycles. The van der Waals surface area contributed by atoms with Crippen molar-refractivity contribution in [1.82, 2.24) is 14.8 Å². The van der Waals surface area contributed by atoms with Crippen LogP contribution in [0.15, 0.2) is 109 Å². The van der Waals surface area contributed by atoms with E-state index in [1.54, 1.807) is 24.4 Å². The summed E-state index contributed by atoms with van der Waals surface area (Å²) in [6.07, 6.45) is 6.88. The first-order valence-corrected chi connectivity index (χ1v) is 19.1. The van der Waals surface area contributed by atoms with Crippen LogP contribution < -0.4 is 14.2 Å². The molecule has 6 rings (SSSR count). The average molecular weight is 744 g/mol. The molecule has 1 aliphatic heterocycles. The lowest BCUT2D eigenvalue weighted by atomic mass is 10.0. The molecular weight excluding hydrogens is 694 g/mol. The molecule has 4 aromatic carbocycles. The quantitative estimate of drug-likeness (QED) is 0.0995. The zero-order valence-corrected chi connectivity index (χ0v) is 32.7. The van der Waals surface area contributed by atoms with E-state index in [9.17, 15) is 4.79 Å². The van der Waals surface area contributed by atoms with Crippen LogP contribution in [0.1, 0.15) is 65.1 Å². The van der Waals surface area contributed by atoms with Crippen molar-refractivity contribution >= 4 is 23.6 Å². The van der Waals surface area contributed by atoms with Gasteiger partial charge in [0.1, 0.15) is 18.1 Å². The molecule has 0 unspecified atom stereocenters. The molecule has 0 bridgehead atoms. The summed E-state index contributed by atoms with van der Waals surface area (Å²) in [6, 6.07) is 33.0. The molecule has 7 nitrogen and oxygen atoms in total. The lowest BCUT2D eigenvalue weighted by molar-refractivity contribution is -0.125. The Labute approximate surface area is 325 Å². The van der Waals surface area contributed by atoms with E-state index >= 15 is 0 Å². The van der Waals surface area contributed by atoms with E-state index in [1.807, 2.05) is 30.0 Å². The monoisotopic (exact) mass is 743 g/mol. The molecule has 2 heterocycles. The van der Waals surface area contributed by atoms with Gasteiger partial charge in [-0.2, -0.15) is 0 Å². The number of carbonyl (C=O) groups excluding carboxylic acids is 1. The van der Waals surface area contributed by atoms with Crippen LogP contribution in [-0.4, -0.2) is 53.5 Å². The van der Waals surface area contributed by atoms with Crippen LogP contribution in [0, 0.1) is 13.8 Å². The van der Waals surface area contributed by atoms with E-state index in [0.717, 1.165) is 48.4 Å². The second kappa shape index (κ2) is 18.3. The highest BCUT2D eigenvalue weighted by Crippen LogP contribution is 2.34. The summed E-state index contributed by atoms with van der Waals surface area (Å²) in [5.74, 6) is 3.02. The van der Waals surface area contributed by atoms with Gasteiger partial charge in [-0.05, 0) is 103 Å². The Morgan fingerprint density at radius 1 is 0.907 bits per heavy atom. The molecule has 280 valence electrons. The van der Waals surface area contributed by atoms with Crippen LogP contribution in [0.3, 0.4) is 0 Å². The van der Waals surface area contributed by atoms with Crippen molar-refractivity contribution in [3.05, 3.63) is 153 Å². The van der Waals surface area contributed by atoms with E-state index < -0.39 is 0 Å². The number of likely N-dealkylation sites (N-methyl/N-ethyl adjacent to an activating group) is 1. The van der Waals surface area contributed by atoms with E-state index in [4.69, 9.17) is 25.8 Å². The van der Waals surface area contributed by atoms with Gasteiger partial charge in [-0.3, -0.25) is 9.69 Å². The van der Waals surface area contributed by atoms with Gasteiger partial charge in [-0.15, -0.1) is 0 Å². The van der Waals surface area contributed by atoms with Crippen LogP contribution in [0.2, 0.25) is 5.02 Å². The van der Waals surface area contributed by atoms with E-state index in [-0.39, 0.29) is 5.91 Å². The number of pyridine rings is 1. The maximum atomic E-state index is 13.2. The molecule has 8 heteroatoms. The number of benzene rings is 4. The fraction of sp³-hybridized carbons (Fsp3) is 0.304. The van der Waals surface area contributed by atoms with Crippen molar-refractivity contribution in [3.8, 4) is 23.1 Å². The van der Waals surface area contributed by atoms with Crippen LogP contribution >= 0.6 is 11.6 Å². The highest BCUT2D eigenvalue weighted by molar-refractivity contribution is 6.32. The van der Waals surface area contributed by atoms with Crippen molar-refractivity contribution in [1.29, 1.82) is 0 Å². The van der Waals surface area contributed by atoms with Crippen molar-refractivity contribution in [3.63, 3.8) is 0 Å². The summed E-state index contributed by atoms with van der Waals surface area (Å²) in [7, 11) is 2.14. The van der Waals surface area contributed by atoms with Gasteiger partial charge in [-0.25, -0.2) is 4.98 Å². The molecule has 0 spiro atoms. The van der Waals surface area contributed by atoms with Gasteiger partial charge in [0.2, 0.25) is 11.8 Å². The number of rotatable bonds is 15. The van der Waals surface area contributed by atoms with Crippen LogP contribution in [0.5, 0.6) is 23.1 Å². The first-order chi connectivity index (χ1) is 26.1. The number of halogens is 1. The molecule has 0 aliphatic carbocycles. The number of hydrogen-bond acceptors (Lipinski definition) is 6. The van der Waals surface area contributed by atoms with Gasteiger partial charge < -0.3 is 19.1 Å². The number of aryl methyl sites for hydroxylation is 2. The van der Waals surface area contributed by atoms with Gasteiger partial charge >= 0.3 is 0 Å². The first-order valence-electron chi connectivity index (χ1n) is 18.7. The number of likely N-dealkylation sites (tertiary alicyclic amines) is 1. The highest BCUT2D eigenvalue weighted by Gasteiger charge is 2.28. The number of hydrogen-bond donors (Lipinski definition) is 0. The third-order valence-electron chi connectivity index (χ3n) is 9.87. The fourth-order valence-electron chi connectivity index (χ4n) is 6.49. The minimum absolute atomic E-state index is 0.00340. The normalized spacial score (nSPS) is 14.3. The Hall–Kier alpha value is -5.11. The Morgan fingerprint density at radius 2 is 1.61 bits per heavy atom. The minimum Gasteiger partial charge on any atom is -0.493 e. The molecule has 54 heavy (non-hydrogen) atoms. The number of aromatic nitrogens is 1. The number of amides is 1. The molecule has 0 radical (unpaired) electrons. The van der Waals surface area contributed by atoms with Gasteiger partial charge in [-0.1, -0.05) is 91.7 Å². The smallest absolute Gasteiger partial charge is 0.246 e. The summed E-state index contributed by atoms with van der Waals surface area (Å²) in [5, 5.41) is 0.445. The van der Waals surface area contributed by atoms with Crippen LogP contribution in [-0.2, 0) is 24.4 Å². The maximum absolute atomic E-state index is 13.2. The SMILES string of the molecule is Cc1ccc(COc2ccc(Oc3c(C)cc(/C=C/C(=O)N4CC[C@H](N(C)Cc5ccc(CCOc6ccc(C(C)C)cc6)cc5)C4)cc3Cl)nc2)cc1. The van der Waals surface area contributed by atoms with Gasteiger partial charge in [0.05, 0.1) is 17.8 Å². The van der Waals surface area contributed by atoms with E-state index in [2.05, 4.69) is 110 Å². The molecule has 1 saturated heterocycles. The highest BCUT2D eigenvalue weighted by atomic mass is 35.5. The van der Waals surface area contributed by atoms with Gasteiger partial charge in [0, 0.05) is 44.2 Å². The van der Waals surface area contributed by atoms with E-state index in [0.29, 0.717) is 54.1 Å². The zero-order chi connectivity index (χ0) is 38.0. The zero-order valence-electron chi connectivity index (χ0n) is 31.9. The van der Waals surface area contributed by atoms with Gasteiger partial charge in [0.15, 0.2) is 5.75 Å². The molecule has 1 atom stereocenters. The lowest BCUT2D eigenvalue weighted by Crippen LogP contribution is -2.35. The number of nitrogens with zero attached hydrogens (tertiary/aromatic N) is 3. The maximum Gasteiger partial charge on any atom is 0.246 e. The van der Waals surface area contributed by atoms with Crippen LogP contribution in [0.4, 0.5) is 0 Å². The summed E-state index contributed by atoms with van der Waals surface area (Å²) in [6.45, 7) is 11.7. The predicted octanol–water partition coefficient (Wildman–Crippen LogP) is 10.2. The predicted molar refractivity (Wildman–Crippen MR) is 218 cm³/mol. The minimum atomic E-state index is -0.00340. The summed E-state index contributed by atoms with van der Waals surface area (Å²) in [5.41, 5.74) is 7.80. The Morgan fingerprint density at radius 3 is 2.30 bits per heavy atom. The summed E-state index contributed by atoms with van der Waals surface area (Å²) >= 11 is 6.66. The van der Waals surface area contributed by atoms with E-state index in [1.165, 1.54) is 22.3 Å².